The molecule has 0 atom stereocenters. The molecule has 0 unspecified atom stereocenters. The minimum atomic E-state index is -1.29. The fourth-order valence-electron chi connectivity index (χ4n) is 4.31. The molecule has 0 fully saturated rings. The molecular formula is C30H21FN2O8. The number of hydrogen-bond acceptors (Lipinski definition) is 6. The van der Waals surface area contributed by atoms with Crippen molar-refractivity contribution in [1.82, 2.24) is 0 Å². The third kappa shape index (κ3) is 5.83. The molecule has 2 amide bonds. The first-order valence-electron chi connectivity index (χ1n) is 12.2. The lowest BCUT2D eigenvalue weighted by Gasteiger charge is -2.12. The van der Waals surface area contributed by atoms with Crippen molar-refractivity contribution in [2.75, 3.05) is 17.4 Å². The number of nitrogens with one attached hydrogen (secondary N) is 2. The van der Waals surface area contributed by atoms with Crippen molar-refractivity contribution < 1.29 is 43.3 Å². The Morgan fingerprint density at radius 1 is 0.683 bits per heavy atom. The van der Waals surface area contributed by atoms with Crippen LogP contribution in [0.15, 0.2) is 78.9 Å². The molecule has 5 rings (SSSR count). The highest BCUT2D eigenvalue weighted by atomic mass is 19.1. The van der Waals surface area contributed by atoms with Gasteiger partial charge < -0.3 is 30.3 Å². The first-order valence-corrected chi connectivity index (χ1v) is 12.2. The molecular weight excluding hydrogens is 535 g/mol. The predicted molar refractivity (Wildman–Crippen MR) is 144 cm³/mol. The van der Waals surface area contributed by atoms with Crippen molar-refractivity contribution in [1.29, 1.82) is 0 Å². The van der Waals surface area contributed by atoms with Gasteiger partial charge in [-0.2, -0.15) is 0 Å². The lowest BCUT2D eigenvalue weighted by molar-refractivity contribution is 0.0683. The van der Waals surface area contributed by atoms with E-state index in [1.807, 2.05) is 0 Å². The summed E-state index contributed by atoms with van der Waals surface area (Å²) < 4.78 is 25.5. The molecule has 206 valence electrons. The molecule has 1 aliphatic rings. The maximum atomic E-state index is 14.9. The number of carbonyl (C=O) groups excluding carboxylic acids is 2. The molecule has 0 bridgehead atoms. The largest absolute Gasteiger partial charge is 0.478 e. The fraction of sp³-hybridized carbons (Fsp3) is 0.0667. The molecule has 0 saturated heterocycles. The van der Waals surface area contributed by atoms with Crippen LogP contribution >= 0.6 is 0 Å². The summed E-state index contributed by atoms with van der Waals surface area (Å²) in [6.45, 7) is 0.0601. The van der Waals surface area contributed by atoms with Crippen LogP contribution in [0.1, 0.15) is 52.6 Å². The van der Waals surface area contributed by atoms with Crippen LogP contribution < -0.4 is 20.1 Å². The number of benzene rings is 4. The van der Waals surface area contributed by atoms with Crippen molar-refractivity contribution in [3.63, 3.8) is 0 Å². The summed E-state index contributed by atoms with van der Waals surface area (Å²) in [6.07, 6.45) is 0.150. The van der Waals surface area contributed by atoms with E-state index in [1.54, 1.807) is 24.3 Å². The number of halogens is 1. The predicted octanol–water partition coefficient (Wildman–Crippen LogP) is 5.05. The van der Waals surface area contributed by atoms with Gasteiger partial charge in [0.2, 0.25) is 6.79 Å². The van der Waals surface area contributed by atoms with Gasteiger partial charge in [0, 0.05) is 11.8 Å². The highest BCUT2D eigenvalue weighted by Gasteiger charge is 2.20. The van der Waals surface area contributed by atoms with Gasteiger partial charge in [-0.15, -0.1) is 0 Å². The lowest BCUT2D eigenvalue weighted by Crippen LogP contribution is -2.17. The fourth-order valence-corrected chi connectivity index (χ4v) is 4.31. The van der Waals surface area contributed by atoms with Gasteiger partial charge in [0.15, 0.2) is 11.5 Å². The van der Waals surface area contributed by atoms with E-state index in [0.717, 1.165) is 0 Å². The second-order valence-electron chi connectivity index (χ2n) is 9.00. The van der Waals surface area contributed by atoms with Gasteiger partial charge in [-0.25, -0.2) is 14.0 Å². The number of anilines is 2. The molecule has 10 nitrogen and oxygen atoms in total. The van der Waals surface area contributed by atoms with E-state index in [2.05, 4.69) is 10.6 Å². The summed E-state index contributed by atoms with van der Waals surface area (Å²) >= 11 is 0. The Kier molecular flexibility index (Phi) is 7.33. The molecule has 0 saturated carbocycles. The maximum Gasteiger partial charge on any atom is 0.336 e. The number of fused-ring (bicyclic) bond motifs is 1. The smallest absolute Gasteiger partial charge is 0.336 e. The van der Waals surface area contributed by atoms with Gasteiger partial charge in [-0.05, 0) is 66.1 Å². The topological polar surface area (TPSA) is 151 Å². The van der Waals surface area contributed by atoms with Crippen molar-refractivity contribution in [3.05, 3.63) is 118 Å². The minimum absolute atomic E-state index is 0.0601. The molecule has 4 aromatic rings. The second-order valence-corrected chi connectivity index (χ2v) is 9.00. The Bertz CT molecular complexity index is 1720. The monoisotopic (exact) mass is 556 g/mol. The van der Waals surface area contributed by atoms with Crippen LogP contribution in [0.2, 0.25) is 0 Å². The van der Waals surface area contributed by atoms with Crippen molar-refractivity contribution in [3.8, 4) is 11.5 Å². The summed E-state index contributed by atoms with van der Waals surface area (Å²) in [5.74, 6) is -3.80. The van der Waals surface area contributed by atoms with E-state index < -0.39 is 29.6 Å². The van der Waals surface area contributed by atoms with E-state index in [-0.39, 0.29) is 41.2 Å². The quantitative estimate of drug-likeness (QED) is 0.236. The van der Waals surface area contributed by atoms with Crippen LogP contribution in [-0.4, -0.2) is 40.8 Å². The van der Waals surface area contributed by atoms with Crippen LogP contribution in [0.4, 0.5) is 15.8 Å². The third-order valence-corrected chi connectivity index (χ3v) is 6.28. The number of ether oxygens (including phenoxy) is 2. The third-order valence-electron chi connectivity index (χ3n) is 6.28. The van der Waals surface area contributed by atoms with E-state index in [0.29, 0.717) is 28.3 Å². The normalized spacial score (nSPS) is 11.5. The summed E-state index contributed by atoms with van der Waals surface area (Å²) in [4.78, 5) is 48.8. The lowest BCUT2D eigenvalue weighted by atomic mass is 9.98. The number of aromatic carboxylic acids is 2. The number of carbonyl (C=O) groups is 4. The van der Waals surface area contributed by atoms with Crippen LogP contribution in [0, 0.1) is 5.82 Å². The zero-order valence-electron chi connectivity index (χ0n) is 21.1. The molecule has 1 heterocycles. The van der Waals surface area contributed by atoms with E-state index in [1.165, 1.54) is 54.6 Å². The molecule has 0 spiro atoms. The summed E-state index contributed by atoms with van der Waals surface area (Å²) in [7, 11) is 0. The van der Waals surface area contributed by atoms with E-state index >= 15 is 0 Å². The Labute approximate surface area is 232 Å². The average Bonchev–Trinajstić information content (AvgIpc) is 3.42. The number of carboxylic acid groups (broad SMARTS) is 2. The Balaban J connectivity index is 1.33. The molecule has 11 heteroatoms. The molecule has 4 N–H and O–H groups in total. The average molecular weight is 557 g/mol. The molecule has 0 radical (unpaired) electrons. The minimum Gasteiger partial charge on any atom is -0.478 e. The number of amides is 2. The first-order chi connectivity index (χ1) is 19.7. The standard InChI is InChI=1S/C30H21FN2O8/c31-23-13-17(6-9-24(23)33-27(34)19-3-1-2-4-20(19)29(36)37)11-16-5-8-21(30(38)39)22(12-16)28(35)32-18-7-10-25-26(14-18)41-15-40-25/h1-10,12-14H,11,15H2,(H,32,35)(H,33,34)(H,36,37)(H,38,39). The number of carboxylic acids is 2. The maximum absolute atomic E-state index is 14.9. The zero-order valence-corrected chi connectivity index (χ0v) is 21.1. The van der Waals surface area contributed by atoms with Crippen molar-refractivity contribution >= 4 is 35.1 Å². The number of hydrogen-bond donors (Lipinski definition) is 4. The van der Waals surface area contributed by atoms with E-state index in [4.69, 9.17) is 9.47 Å². The Hall–Kier alpha value is -5.71. The first kappa shape index (κ1) is 26.9. The van der Waals surface area contributed by atoms with Crippen LogP contribution in [0.3, 0.4) is 0 Å². The van der Waals surface area contributed by atoms with Gasteiger partial charge >= 0.3 is 11.9 Å². The Morgan fingerprint density at radius 2 is 1.32 bits per heavy atom. The SMILES string of the molecule is O=C(O)c1ccc(Cc2ccc(NC(=O)c3ccccc3C(=O)O)c(F)c2)cc1C(=O)Nc1ccc2c(c1)OCO2. The van der Waals surface area contributed by atoms with E-state index in [9.17, 15) is 33.8 Å². The van der Waals surface area contributed by atoms with Gasteiger partial charge in [0.05, 0.1) is 27.9 Å². The molecule has 41 heavy (non-hydrogen) atoms. The highest BCUT2D eigenvalue weighted by molar-refractivity contribution is 6.11. The molecule has 0 aliphatic carbocycles. The molecule has 4 aromatic carbocycles. The van der Waals surface area contributed by atoms with Gasteiger partial charge in [0.25, 0.3) is 11.8 Å². The molecule has 1 aliphatic heterocycles. The van der Waals surface area contributed by atoms with Gasteiger partial charge in [-0.1, -0.05) is 24.3 Å². The van der Waals surface area contributed by atoms with Crippen molar-refractivity contribution in [2.45, 2.75) is 6.42 Å². The molecule has 0 aromatic heterocycles. The Morgan fingerprint density at radius 3 is 2.05 bits per heavy atom. The highest BCUT2D eigenvalue weighted by Crippen LogP contribution is 2.34. The van der Waals surface area contributed by atoms with Crippen LogP contribution in [0.25, 0.3) is 0 Å². The summed E-state index contributed by atoms with van der Waals surface area (Å²) in [5, 5.41) is 24.0. The van der Waals surface area contributed by atoms with Gasteiger partial charge in [0.1, 0.15) is 5.82 Å². The van der Waals surface area contributed by atoms with Gasteiger partial charge in [-0.3, -0.25) is 9.59 Å². The van der Waals surface area contributed by atoms with Crippen molar-refractivity contribution in [2.24, 2.45) is 0 Å². The number of rotatable bonds is 8. The second kappa shape index (κ2) is 11.2. The van der Waals surface area contributed by atoms with Crippen LogP contribution in [-0.2, 0) is 6.42 Å². The summed E-state index contributed by atoms with van der Waals surface area (Å²) in [6, 6.07) is 18.7. The van der Waals surface area contributed by atoms with Crippen LogP contribution in [0.5, 0.6) is 11.5 Å². The zero-order chi connectivity index (χ0) is 29.1. The summed E-state index contributed by atoms with van der Waals surface area (Å²) in [5.41, 5.74) is 0.621.